The Hall–Kier alpha value is -2.52. The highest BCUT2D eigenvalue weighted by molar-refractivity contribution is 7.09. The van der Waals surface area contributed by atoms with Gasteiger partial charge in [-0.2, -0.15) is 0 Å². The summed E-state index contributed by atoms with van der Waals surface area (Å²) in [6.07, 6.45) is 0.679. The molecule has 0 radical (unpaired) electrons. The average molecular weight is 361 g/mol. The number of carbonyl (C=O) groups is 1. The standard InChI is InChI=1S/C16H19N5O3S/c17-5-4-15-18-14(11-25-15)16(22)20-8-6-19(7-9-20)12-2-1-3-13(10-12)21(23)24/h1-3,10-11H,4-9,17H2. The lowest BCUT2D eigenvalue weighted by Crippen LogP contribution is -2.48. The molecule has 0 aliphatic carbocycles. The monoisotopic (exact) mass is 361 g/mol. The van der Waals surface area contributed by atoms with Crippen molar-refractivity contribution in [3.63, 3.8) is 0 Å². The molecule has 1 saturated heterocycles. The van der Waals surface area contributed by atoms with Crippen molar-refractivity contribution < 1.29 is 9.72 Å². The molecule has 25 heavy (non-hydrogen) atoms. The maximum atomic E-state index is 12.5. The van der Waals surface area contributed by atoms with E-state index >= 15 is 0 Å². The lowest BCUT2D eigenvalue weighted by molar-refractivity contribution is -0.384. The number of benzene rings is 1. The number of nitrogens with zero attached hydrogens (tertiary/aromatic N) is 4. The maximum absolute atomic E-state index is 12.5. The van der Waals surface area contributed by atoms with Crippen molar-refractivity contribution in [3.05, 3.63) is 50.5 Å². The summed E-state index contributed by atoms with van der Waals surface area (Å²) in [4.78, 5) is 31.2. The minimum Gasteiger partial charge on any atom is -0.368 e. The van der Waals surface area contributed by atoms with Gasteiger partial charge >= 0.3 is 0 Å². The minimum absolute atomic E-state index is 0.0711. The SMILES string of the molecule is NCCc1nc(C(=O)N2CCN(c3cccc([N+](=O)[O-])c3)CC2)cs1. The molecule has 0 spiro atoms. The number of thiazole rings is 1. The number of nitro groups is 1. The van der Waals surface area contributed by atoms with Gasteiger partial charge in [-0.05, 0) is 12.6 Å². The molecule has 2 N–H and O–H groups in total. The molecule has 0 bridgehead atoms. The molecule has 2 aromatic rings. The first-order valence-corrected chi connectivity index (χ1v) is 8.89. The number of nitrogens with two attached hydrogens (primary N) is 1. The predicted octanol–water partition coefficient (Wildman–Crippen LogP) is 1.51. The van der Waals surface area contributed by atoms with Crippen molar-refractivity contribution >= 4 is 28.6 Å². The Balaban J connectivity index is 1.62. The van der Waals surface area contributed by atoms with Crippen molar-refractivity contribution in [2.75, 3.05) is 37.6 Å². The number of anilines is 1. The Morgan fingerprint density at radius 1 is 1.32 bits per heavy atom. The summed E-state index contributed by atoms with van der Waals surface area (Å²) < 4.78 is 0. The fourth-order valence-electron chi connectivity index (χ4n) is 2.78. The van der Waals surface area contributed by atoms with Crippen molar-refractivity contribution in [3.8, 4) is 0 Å². The van der Waals surface area contributed by atoms with Gasteiger partial charge in [-0.15, -0.1) is 11.3 Å². The summed E-state index contributed by atoms with van der Waals surface area (Å²) in [5.41, 5.74) is 6.86. The summed E-state index contributed by atoms with van der Waals surface area (Å²) >= 11 is 1.46. The van der Waals surface area contributed by atoms with Gasteiger partial charge in [-0.1, -0.05) is 6.07 Å². The number of amides is 1. The van der Waals surface area contributed by atoms with E-state index in [0.717, 1.165) is 10.7 Å². The molecule has 1 aromatic carbocycles. The van der Waals surface area contributed by atoms with Crippen LogP contribution in [0.2, 0.25) is 0 Å². The first kappa shape index (κ1) is 17.3. The summed E-state index contributed by atoms with van der Waals surface area (Å²) in [6, 6.07) is 6.57. The Morgan fingerprint density at radius 2 is 2.08 bits per heavy atom. The molecule has 3 rings (SSSR count). The Kier molecular flexibility index (Phi) is 5.25. The van der Waals surface area contributed by atoms with Crippen LogP contribution >= 0.6 is 11.3 Å². The molecular formula is C16H19N5O3S. The van der Waals surface area contributed by atoms with Crippen LogP contribution in [0.25, 0.3) is 0 Å². The largest absolute Gasteiger partial charge is 0.368 e. The average Bonchev–Trinajstić information content (AvgIpc) is 3.10. The molecule has 0 saturated carbocycles. The number of aromatic nitrogens is 1. The molecule has 0 atom stereocenters. The van der Waals surface area contributed by atoms with Crippen LogP contribution < -0.4 is 10.6 Å². The first-order chi connectivity index (χ1) is 12.1. The lowest BCUT2D eigenvalue weighted by Gasteiger charge is -2.35. The van der Waals surface area contributed by atoms with Crippen LogP contribution in [0.5, 0.6) is 0 Å². The fraction of sp³-hybridized carbons (Fsp3) is 0.375. The molecule has 8 nitrogen and oxygen atoms in total. The van der Waals surface area contributed by atoms with E-state index in [-0.39, 0.29) is 11.6 Å². The van der Waals surface area contributed by atoms with Crippen LogP contribution in [0.3, 0.4) is 0 Å². The number of hydrogen-bond donors (Lipinski definition) is 1. The normalized spacial score (nSPS) is 14.6. The fourth-order valence-corrected chi connectivity index (χ4v) is 3.57. The number of piperazine rings is 1. The molecular weight excluding hydrogens is 342 g/mol. The summed E-state index contributed by atoms with van der Waals surface area (Å²) in [5.74, 6) is -0.0711. The highest BCUT2D eigenvalue weighted by Crippen LogP contribution is 2.22. The van der Waals surface area contributed by atoms with Crippen LogP contribution in [0, 0.1) is 10.1 Å². The summed E-state index contributed by atoms with van der Waals surface area (Å²) in [7, 11) is 0. The number of rotatable bonds is 5. The molecule has 1 aliphatic heterocycles. The summed E-state index contributed by atoms with van der Waals surface area (Å²) in [5, 5.41) is 13.6. The zero-order valence-corrected chi connectivity index (χ0v) is 14.4. The molecule has 132 valence electrons. The second-order valence-corrected chi connectivity index (χ2v) is 6.66. The molecule has 9 heteroatoms. The quantitative estimate of drug-likeness (QED) is 0.639. The van der Waals surface area contributed by atoms with Crippen molar-refractivity contribution in [1.29, 1.82) is 0 Å². The minimum atomic E-state index is -0.398. The Labute approximate surface area is 149 Å². The molecule has 1 amide bonds. The first-order valence-electron chi connectivity index (χ1n) is 8.01. The molecule has 0 unspecified atom stereocenters. The smallest absolute Gasteiger partial charge is 0.273 e. The van der Waals surface area contributed by atoms with E-state index in [1.165, 1.54) is 17.4 Å². The highest BCUT2D eigenvalue weighted by atomic mass is 32.1. The van der Waals surface area contributed by atoms with E-state index in [0.29, 0.717) is 44.8 Å². The molecule has 2 heterocycles. The van der Waals surface area contributed by atoms with Gasteiger partial charge in [0.15, 0.2) is 0 Å². The third kappa shape index (κ3) is 3.94. The zero-order chi connectivity index (χ0) is 17.8. The second kappa shape index (κ2) is 7.58. The van der Waals surface area contributed by atoms with Gasteiger partial charge in [0.25, 0.3) is 11.6 Å². The third-order valence-corrected chi connectivity index (χ3v) is 5.01. The zero-order valence-electron chi connectivity index (χ0n) is 13.6. The van der Waals surface area contributed by atoms with Crippen LogP contribution in [-0.2, 0) is 6.42 Å². The van der Waals surface area contributed by atoms with Crippen molar-refractivity contribution in [2.24, 2.45) is 5.73 Å². The van der Waals surface area contributed by atoms with Gasteiger partial charge in [0, 0.05) is 55.8 Å². The third-order valence-electron chi connectivity index (χ3n) is 4.10. The van der Waals surface area contributed by atoms with E-state index in [1.54, 1.807) is 22.4 Å². The van der Waals surface area contributed by atoms with Crippen molar-refractivity contribution in [1.82, 2.24) is 9.88 Å². The number of nitro benzene ring substituents is 1. The Bertz CT molecular complexity index is 771. The summed E-state index contributed by atoms with van der Waals surface area (Å²) in [6.45, 7) is 2.90. The van der Waals surface area contributed by atoms with Gasteiger partial charge in [0.05, 0.1) is 9.93 Å². The van der Waals surface area contributed by atoms with E-state index in [1.807, 2.05) is 6.07 Å². The van der Waals surface area contributed by atoms with Gasteiger partial charge in [-0.3, -0.25) is 14.9 Å². The van der Waals surface area contributed by atoms with Crippen LogP contribution in [0.4, 0.5) is 11.4 Å². The molecule has 1 aliphatic rings. The number of carbonyl (C=O) groups excluding carboxylic acids is 1. The van der Waals surface area contributed by atoms with Crippen molar-refractivity contribution in [2.45, 2.75) is 6.42 Å². The van der Waals surface area contributed by atoms with Crippen LogP contribution in [0.15, 0.2) is 29.6 Å². The highest BCUT2D eigenvalue weighted by Gasteiger charge is 2.24. The Morgan fingerprint density at radius 3 is 2.76 bits per heavy atom. The number of hydrogen-bond acceptors (Lipinski definition) is 7. The van der Waals surface area contributed by atoms with Gasteiger partial charge < -0.3 is 15.5 Å². The molecule has 1 aromatic heterocycles. The maximum Gasteiger partial charge on any atom is 0.273 e. The van der Waals surface area contributed by atoms with E-state index in [2.05, 4.69) is 9.88 Å². The van der Waals surface area contributed by atoms with Gasteiger partial charge in [0.1, 0.15) is 5.69 Å². The number of non-ortho nitro benzene ring substituents is 1. The van der Waals surface area contributed by atoms with Gasteiger partial charge in [-0.25, -0.2) is 4.98 Å². The van der Waals surface area contributed by atoms with E-state index in [9.17, 15) is 14.9 Å². The lowest BCUT2D eigenvalue weighted by atomic mass is 10.2. The van der Waals surface area contributed by atoms with E-state index in [4.69, 9.17) is 5.73 Å². The molecule has 1 fully saturated rings. The van der Waals surface area contributed by atoms with E-state index < -0.39 is 4.92 Å². The van der Waals surface area contributed by atoms with Gasteiger partial charge in [0.2, 0.25) is 0 Å². The predicted molar refractivity (Wildman–Crippen MR) is 96.1 cm³/mol. The van der Waals surface area contributed by atoms with Crippen LogP contribution in [0.1, 0.15) is 15.5 Å². The van der Waals surface area contributed by atoms with Crippen LogP contribution in [-0.4, -0.2) is 53.4 Å². The second-order valence-electron chi connectivity index (χ2n) is 5.72. The topological polar surface area (TPSA) is 106 Å².